The minimum absolute atomic E-state index is 0.238. The van der Waals surface area contributed by atoms with Crippen molar-refractivity contribution >= 4 is 11.6 Å². The van der Waals surface area contributed by atoms with Crippen LogP contribution in [-0.2, 0) is 0 Å². The minimum Gasteiger partial charge on any atom is -0.384 e. The molecule has 0 aliphatic rings. The van der Waals surface area contributed by atoms with E-state index in [4.69, 9.17) is 5.11 Å². The zero-order chi connectivity index (χ0) is 14.4. The molecule has 1 aromatic carbocycles. The Morgan fingerprint density at radius 1 is 1.35 bits per heavy atom. The van der Waals surface area contributed by atoms with Crippen LogP contribution < -0.4 is 5.32 Å². The highest BCUT2D eigenvalue weighted by Gasteiger charge is 2.10. The van der Waals surface area contributed by atoms with Crippen molar-refractivity contribution in [2.75, 3.05) is 11.9 Å². The van der Waals surface area contributed by atoms with Gasteiger partial charge >= 0.3 is 0 Å². The number of nitrogens with one attached hydrogen (secondary N) is 1. The Hall–Kier alpha value is -2.64. The Labute approximate surface area is 117 Å². The van der Waals surface area contributed by atoms with Crippen LogP contribution in [0.15, 0.2) is 42.7 Å². The van der Waals surface area contributed by atoms with E-state index in [-0.39, 0.29) is 12.5 Å². The van der Waals surface area contributed by atoms with Crippen molar-refractivity contribution in [2.45, 2.75) is 6.92 Å². The smallest absolute Gasteiger partial charge is 0.256 e. The Morgan fingerprint density at radius 3 is 2.90 bits per heavy atom. The highest BCUT2D eigenvalue weighted by molar-refractivity contribution is 6.05. The van der Waals surface area contributed by atoms with Gasteiger partial charge in [-0.05, 0) is 30.7 Å². The van der Waals surface area contributed by atoms with Gasteiger partial charge in [-0.15, -0.1) is 0 Å². The summed E-state index contributed by atoms with van der Waals surface area (Å²) in [7, 11) is 0. The van der Waals surface area contributed by atoms with Crippen molar-refractivity contribution in [3.63, 3.8) is 0 Å². The Morgan fingerprint density at radius 2 is 2.15 bits per heavy atom. The van der Waals surface area contributed by atoms with Gasteiger partial charge in [-0.2, -0.15) is 0 Å². The molecular weight excluding hydrogens is 252 g/mol. The maximum atomic E-state index is 12.2. The van der Waals surface area contributed by atoms with E-state index in [1.807, 2.05) is 13.0 Å². The topological polar surface area (TPSA) is 62.2 Å². The van der Waals surface area contributed by atoms with E-state index in [2.05, 4.69) is 22.1 Å². The summed E-state index contributed by atoms with van der Waals surface area (Å²) in [6.45, 7) is 1.67. The van der Waals surface area contributed by atoms with E-state index in [0.717, 1.165) is 5.56 Å². The first-order chi connectivity index (χ1) is 9.70. The van der Waals surface area contributed by atoms with Crippen LogP contribution in [0.2, 0.25) is 0 Å². The van der Waals surface area contributed by atoms with Gasteiger partial charge in [-0.25, -0.2) is 0 Å². The van der Waals surface area contributed by atoms with Gasteiger partial charge in [-0.3, -0.25) is 9.78 Å². The average Bonchev–Trinajstić information content (AvgIpc) is 2.45. The van der Waals surface area contributed by atoms with E-state index in [9.17, 15) is 4.79 Å². The Bertz CT molecular complexity index is 684. The Kier molecular flexibility index (Phi) is 4.48. The number of nitrogens with zero attached hydrogens (tertiary/aromatic N) is 1. The van der Waals surface area contributed by atoms with E-state index >= 15 is 0 Å². The summed E-state index contributed by atoms with van der Waals surface area (Å²) < 4.78 is 0. The second-order valence-corrected chi connectivity index (χ2v) is 4.21. The van der Waals surface area contributed by atoms with Gasteiger partial charge in [0, 0.05) is 11.8 Å². The number of aliphatic hydroxyl groups excluding tert-OH is 1. The van der Waals surface area contributed by atoms with Crippen LogP contribution in [0, 0.1) is 18.8 Å². The average molecular weight is 266 g/mol. The van der Waals surface area contributed by atoms with Gasteiger partial charge in [0.05, 0.1) is 17.4 Å². The van der Waals surface area contributed by atoms with Crippen LogP contribution >= 0.6 is 0 Å². The summed E-state index contributed by atoms with van der Waals surface area (Å²) >= 11 is 0. The molecule has 0 fully saturated rings. The predicted molar refractivity (Wildman–Crippen MR) is 77.3 cm³/mol. The van der Waals surface area contributed by atoms with Crippen molar-refractivity contribution in [3.8, 4) is 11.8 Å². The van der Waals surface area contributed by atoms with E-state index < -0.39 is 0 Å². The third-order valence-electron chi connectivity index (χ3n) is 2.61. The van der Waals surface area contributed by atoms with Crippen LogP contribution in [0.25, 0.3) is 0 Å². The normalized spacial score (nSPS) is 9.50. The molecule has 1 amide bonds. The monoisotopic (exact) mass is 266 g/mol. The van der Waals surface area contributed by atoms with Gasteiger partial charge in [-0.1, -0.05) is 24.0 Å². The zero-order valence-corrected chi connectivity index (χ0v) is 11.1. The fourth-order valence-electron chi connectivity index (χ4n) is 1.75. The third-order valence-corrected chi connectivity index (χ3v) is 2.61. The fraction of sp³-hybridized carbons (Fsp3) is 0.125. The molecule has 0 atom stereocenters. The first kappa shape index (κ1) is 13.8. The largest absolute Gasteiger partial charge is 0.384 e. The van der Waals surface area contributed by atoms with Crippen molar-refractivity contribution in [3.05, 3.63) is 59.4 Å². The molecule has 0 bridgehead atoms. The van der Waals surface area contributed by atoms with Crippen molar-refractivity contribution in [1.82, 2.24) is 4.98 Å². The lowest BCUT2D eigenvalue weighted by molar-refractivity contribution is 0.102. The van der Waals surface area contributed by atoms with Crippen molar-refractivity contribution in [2.24, 2.45) is 0 Å². The number of anilines is 1. The molecule has 0 radical (unpaired) electrons. The lowest BCUT2D eigenvalue weighted by atomic mass is 10.1. The van der Waals surface area contributed by atoms with Crippen LogP contribution in [0.4, 0.5) is 5.69 Å². The summed E-state index contributed by atoms with van der Waals surface area (Å²) in [5, 5.41) is 11.5. The molecule has 2 rings (SSSR count). The predicted octanol–water partition coefficient (Wildman–Crippen LogP) is 1.99. The maximum Gasteiger partial charge on any atom is 0.256 e. The summed E-state index contributed by atoms with van der Waals surface area (Å²) in [6.07, 6.45) is 3.31. The van der Waals surface area contributed by atoms with Gasteiger partial charge in [0.15, 0.2) is 0 Å². The second kappa shape index (κ2) is 6.50. The number of carbonyl (C=O) groups is 1. The molecule has 100 valence electrons. The van der Waals surface area contributed by atoms with Crippen LogP contribution in [0.5, 0.6) is 0 Å². The summed E-state index contributed by atoms with van der Waals surface area (Å²) in [6, 6.07) is 8.85. The van der Waals surface area contributed by atoms with Crippen molar-refractivity contribution in [1.29, 1.82) is 0 Å². The van der Waals surface area contributed by atoms with Crippen molar-refractivity contribution < 1.29 is 9.90 Å². The number of amides is 1. The highest BCUT2D eigenvalue weighted by Crippen LogP contribution is 2.12. The zero-order valence-electron chi connectivity index (χ0n) is 11.1. The molecule has 1 heterocycles. The van der Waals surface area contributed by atoms with Gasteiger partial charge in [0.25, 0.3) is 5.91 Å². The number of hydrogen-bond donors (Lipinski definition) is 2. The minimum atomic E-state index is -0.250. The van der Waals surface area contributed by atoms with Crippen LogP contribution in [0.3, 0.4) is 0 Å². The highest BCUT2D eigenvalue weighted by atomic mass is 16.2. The number of carbonyl (C=O) groups excluding carboxylic acids is 1. The third kappa shape index (κ3) is 3.44. The molecule has 0 aliphatic heterocycles. The summed E-state index contributed by atoms with van der Waals surface area (Å²) in [5.74, 6) is 5.06. The molecule has 20 heavy (non-hydrogen) atoms. The molecule has 0 saturated heterocycles. The molecule has 1 aromatic heterocycles. The molecule has 2 N–H and O–H groups in total. The first-order valence-electron chi connectivity index (χ1n) is 6.12. The quantitative estimate of drug-likeness (QED) is 0.817. The fourth-order valence-corrected chi connectivity index (χ4v) is 1.75. The SMILES string of the molecule is Cc1cncc(NC(=O)c2ccccc2C#CCO)c1. The lowest BCUT2D eigenvalue weighted by Gasteiger charge is -2.07. The lowest BCUT2D eigenvalue weighted by Crippen LogP contribution is -2.13. The van der Waals surface area contributed by atoms with Crippen LogP contribution in [0.1, 0.15) is 21.5 Å². The van der Waals surface area contributed by atoms with E-state index in [1.165, 1.54) is 0 Å². The maximum absolute atomic E-state index is 12.2. The number of aromatic nitrogens is 1. The molecule has 0 aliphatic carbocycles. The number of rotatable bonds is 2. The molecular formula is C16H14N2O2. The first-order valence-corrected chi connectivity index (χ1v) is 6.12. The van der Waals surface area contributed by atoms with E-state index in [0.29, 0.717) is 16.8 Å². The number of aryl methyl sites for hydroxylation is 1. The van der Waals surface area contributed by atoms with Gasteiger partial charge in [0.1, 0.15) is 6.61 Å². The van der Waals surface area contributed by atoms with E-state index in [1.54, 1.807) is 36.7 Å². The molecule has 0 saturated carbocycles. The molecule has 2 aromatic rings. The summed E-state index contributed by atoms with van der Waals surface area (Å²) in [5.41, 5.74) is 2.66. The molecule has 0 unspecified atom stereocenters. The number of hydrogen-bond acceptors (Lipinski definition) is 3. The second-order valence-electron chi connectivity index (χ2n) is 4.21. The van der Waals surface area contributed by atoms with Crippen LogP contribution in [-0.4, -0.2) is 22.6 Å². The standard InChI is InChI=1S/C16H14N2O2/c1-12-9-14(11-17-10-12)18-16(20)15-7-3-2-5-13(15)6-4-8-19/h2-3,5,7,9-11,19H,8H2,1H3,(H,18,20). The molecule has 4 nitrogen and oxygen atoms in total. The Balaban J connectivity index is 2.25. The van der Waals surface area contributed by atoms with Gasteiger partial charge < -0.3 is 10.4 Å². The number of aliphatic hydroxyl groups is 1. The van der Waals surface area contributed by atoms with Gasteiger partial charge in [0.2, 0.25) is 0 Å². The molecule has 4 heteroatoms. The number of pyridine rings is 1. The number of benzene rings is 1. The summed E-state index contributed by atoms with van der Waals surface area (Å²) in [4.78, 5) is 16.3. The molecule has 0 spiro atoms.